The van der Waals surface area contributed by atoms with Gasteiger partial charge in [0.05, 0.1) is 6.20 Å². The number of H-pyrrole nitrogens is 1. The van der Waals surface area contributed by atoms with E-state index < -0.39 is 10.0 Å². The van der Waals surface area contributed by atoms with Crippen LogP contribution < -0.4 is 10.5 Å². The Labute approximate surface area is 127 Å². The molecule has 9 heteroatoms. The van der Waals surface area contributed by atoms with Gasteiger partial charge in [-0.05, 0) is 18.2 Å². The molecule has 0 saturated heterocycles. The standard InChI is InChI=1S/C12H15ClN4O3S/c1-17(21(18,19)11-8-15-16-12(11)14)5-6-20-10-4-2-3-9(13)7-10/h2-4,7-8H,5-6H2,1H3,(H3,14,15,16). The lowest BCUT2D eigenvalue weighted by Gasteiger charge is -2.16. The number of ether oxygens (including phenoxy) is 1. The molecule has 0 spiro atoms. The SMILES string of the molecule is CN(CCOc1cccc(Cl)c1)S(=O)(=O)c1cn[nH]c1N. The highest BCUT2D eigenvalue weighted by Crippen LogP contribution is 2.19. The molecule has 0 atom stereocenters. The highest BCUT2D eigenvalue weighted by atomic mass is 35.5. The molecule has 0 bridgehead atoms. The van der Waals surface area contributed by atoms with Crippen LogP contribution in [0, 0.1) is 0 Å². The van der Waals surface area contributed by atoms with Gasteiger partial charge in [-0.1, -0.05) is 17.7 Å². The van der Waals surface area contributed by atoms with E-state index in [4.69, 9.17) is 22.1 Å². The fourth-order valence-corrected chi connectivity index (χ4v) is 2.97. The molecule has 3 N–H and O–H groups in total. The number of anilines is 1. The van der Waals surface area contributed by atoms with Gasteiger partial charge >= 0.3 is 0 Å². The molecule has 2 rings (SSSR count). The van der Waals surface area contributed by atoms with Gasteiger partial charge in [0, 0.05) is 18.6 Å². The molecule has 1 aromatic carbocycles. The summed E-state index contributed by atoms with van der Waals surface area (Å²) in [5.41, 5.74) is 5.53. The van der Waals surface area contributed by atoms with Gasteiger partial charge in [0.1, 0.15) is 23.1 Å². The third kappa shape index (κ3) is 3.66. The number of sulfonamides is 1. The number of hydrogen-bond acceptors (Lipinski definition) is 5. The number of nitrogens with one attached hydrogen (secondary N) is 1. The minimum atomic E-state index is -3.68. The van der Waals surface area contributed by atoms with Crippen molar-refractivity contribution in [3.05, 3.63) is 35.5 Å². The summed E-state index contributed by atoms with van der Waals surface area (Å²) in [4.78, 5) is -0.0484. The number of aromatic amines is 1. The predicted molar refractivity (Wildman–Crippen MR) is 79.8 cm³/mol. The Hall–Kier alpha value is -1.77. The van der Waals surface area contributed by atoms with Crippen LogP contribution in [-0.2, 0) is 10.0 Å². The van der Waals surface area contributed by atoms with Crippen molar-refractivity contribution in [2.24, 2.45) is 0 Å². The highest BCUT2D eigenvalue weighted by Gasteiger charge is 2.24. The number of benzene rings is 1. The molecule has 1 aromatic heterocycles. The van der Waals surface area contributed by atoms with E-state index in [1.54, 1.807) is 24.3 Å². The van der Waals surface area contributed by atoms with Gasteiger partial charge in [0.25, 0.3) is 0 Å². The molecule has 0 aliphatic carbocycles. The minimum absolute atomic E-state index is 0.0117. The molecule has 0 radical (unpaired) electrons. The molecule has 114 valence electrons. The molecule has 1 heterocycles. The second-order valence-electron chi connectivity index (χ2n) is 4.28. The summed E-state index contributed by atoms with van der Waals surface area (Å²) in [5, 5.41) is 6.56. The van der Waals surface area contributed by atoms with Crippen molar-refractivity contribution in [2.75, 3.05) is 25.9 Å². The summed E-state index contributed by atoms with van der Waals surface area (Å²) in [6, 6.07) is 6.88. The van der Waals surface area contributed by atoms with Crippen LogP contribution in [0.2, 0.25) is 5.02 Å². The van der Waals surface area contributed by atoms with E-state index in [0.29, 0.717) is 10.8 Å². The van der Waals surface area contributed by atoms with Crippen LogP contribution in [0.15, 0.2) is 35.4 Å². The van der Waals surface area contributed by atoms with Crippen molar-refractivity contribution in [3.63, 3.8) is 0 Å². The number of likely N-dealkylation sites (N-methyl/N-ethyl adjacent to an activating group) is 1. The Bertz CT molecular complexity index is 717. The second kappa shape index (κ2) is 6.33. The van der Waals surface area contributed by atoms with Crippen LogP contribution in [0.5, 0.6) is 5.75 Å². The fourth-order valence-electron chi connectivity index (χ4n) is 1.63. The van der Waals surface area contributed by atoms with Crippen LogP contribution >= 0.6 is 11.6 Å². The van der Waals surface area contributed by atoms with E-state index in [9.17, 15) is 8.42 Å². The van der Waals surface area contributed by atoms with Crippen LogP contribution in [0.25, 0.3) is 0 Å². The van der Waals surface area contributed by atoms with Crippen LogP contribution in [0.3, 0.4) is 0 Å². The van der Waals surface area contributed by atoms with Crippen molar-refractivity contribution < 1.29 is 13.2 Å². The highest BCUT2D eigenvalue weighted by molar-refractivity contribution is 7.89. The first kappa shape index (κ1) is 15.6. The monoisotopic (exact) mass is 330 g/mol. The summed E-state index contributed by atoms with van der Waals surface area (Å²) >= 11 is 5.83. The van der Waals surface area contributed by atoms with Crippen molar-refractivity contribution >= 4 is 27.4 Å². The van der Waals surface area contributed by atoms with E-state index >= 15 is 0 Å². The summed E-state index contributed by atoms with van der Waals surface area (Å²) in [7, 11) is -2.23. The average Bonchev–Trinajstić information content (AvgIpc) is 2.85. The molecule has 21 heavy (non-hydrogen) atoms. The molecule has 0 aliphatic heterocycles. The van der Waals surface area contributed by atoms with E-state index in [-0.39, 0.29) is 23.9 Å². The normalized spacial score (nSPS) is 11.8. The van der Waals surface area contributed by atoms with Crippen molar-refractivity contribution in [3.8, 4) is 5.75 Å². The number of nitrogens with two attached hydrogens (primary N) is 1. The molecule has 0 amide bonds. The topological polar surface area (TPSA) is 101 Å². The molecule has 0 unspecified atom stereocenters. The molecule has 0 aliphatic rings. The van der Waals surface area contributed by atoms with Crippen molar-refractivity contribution in [1.82, 2.24) is 14.5 Å². The summed E-state index contributed by atoms with van der Waals surface area (Å²) in [6.45, 7) is 0.354. The Morgan fingerprint density at radius 3 is 2.86 bits per heavy atom. The maximum atomic E-state index is 12.2. The maximum absolute atomic E-state index is 12.2. The molecular formula is C12H15ClN4O3S. The van der Waals surface area contributed by atoms with Crippen LogP contribution in [0.4, 0.5) is 5.82 Å². The van der Waals surface area contributed by atoms with Gasteiger partial charge in [-0.25, -0.2) is 8.42 Å². The lowest BCUT2D eigenvalue weighted by Crippen LogP contribution is -2.31. The van der Waals surface area contributed by atoms with E-state index in [1.807, 2.05) is 0 Å². The fraction of sp³-hybridized carbons (Fsp3) is 0.250. The number of nitrogen functional groups attached to an aromatic ring is 1. The van der Waals surface area contributed by atoms with Gasteiger partial charge in [0.2, 0.25) is 10.0 Å². The van der Waals surface area contributed by atoms with Gasteiger partial charge in [0.15, 0.2) is 0 Å². The summed E-state index contributed by atoms with van der Waals surface area (Å²) in [5.74, 6) is 0.591. The van der Waals surface area contributed by atoms with Crippen molar-refractivity contribution in [2.45, 2.75) is 4.90 Å². The Kier molecular flexibility index (Phi) is 4.71. The van der Waals surface area contributed by atoms with Gasteiger partial charge in [-0.2, -0.15) is 9.40 Å². The number of hydrogen-bond donors (Lipinski definition) is 2. The molecule has 2 aromatic rings. The summed E-state index contributed by atoms with van der Waals surface area (Å²) in [6.07, 6.45) is 1.18. The Balaban J connectivity index is 1.96. The smallest absolute Gasteiger partial charge is 0.248 e. The predicted octanol–water partition coefficient (Wildman–Crippen LogP) is 1.34. The first-order chi connectivity index (χ1) is 9.91. The van der Waals surface area contributed by atoms with Gasteiger partial charge in [-0.3, -0.25) is 5.10 Å². The first-order valence-electron chi connectivity index (χ1n) is 6.05. The zero-order chi connectivity index (χ0) is 15.5. The lowest BCUT2D eigenvalue weighted by molar-refractivity contribution is 0.287. The minimum Gasteiger partial charge on any atom is -0.492 e. The number of halogens is 1. The number of rotatable bonds is 6. The van der Waals surface area contributed by atoms with Gasteiger partial charge < -0.3 is 10.5 Å². The van der Waals surface area contributed by atoms with E-state index in [0.717, 1.165) is 4.31 Å². The van der Waals surface area contributed by atoms with E-state index in [1.165, 1.54) is 13.2 Å². The zero-order valence-electron chi connectivity index (χ0n) is 11.3. The molecule has 0 saturated carbocycles. The van der Waals surface area contributed by atoms with E-state index in [2.05, 4.69) is 10.2 Å². The zero-order valence-corrected chi connectivity index (χ0v) is 12.9. The molecular weight excluding hydrogens is 316 g/mol. The summed E-state index contributed by atoms with van der Waals surface area (Å²) < 4.78 is 31.0. The molecule has 7 nitrogen and oxygen atoms in total. The lowest BCUT2D eigenvalue weighted by atomic mass is 10.3. The quantitative estimate of drug-likeness (QED) is 0.832. The van der Waals surface area contributed by atoms with Crippen LogP contribution in [-0.4, -0.2) is 43.1 Å². The first-order valence-corrected chi connectivity index (χ1v) is 7.86. The maximum Gasteiger partial charge on any atom is 0.248 e. The third-order valence-corrected chi connectivity index (χ3v) is 4.91. The average molecular weight is 331 g/mol. The largest absolute Gasteiger partial charge is 0.492 e. The second-order valence-corrected chi connectivity index (χ2v) is 6.73. The number of aromatic nitrogens is 2. The molecule has 0 fully saturated rings. The number of nitrogens with zero attached hydrogens (tertiary/aromatic N) is 2. The third-order valence-electron chi connectivity index (χ3n) is 2.79. The van der Waals surface area contributed by atoms with Gasteiger partial charge in [-0.15, -0.1) is 0 Å². The van der Waals surface area contributed by atoms with Crippen LogP contribution in [0.1, 0.15) is 0 Å². The Morgan fingerprint density at radius 1 is 1.48 bits per heavy atom. The Morgan fingerprint density at radius 2 is 2.24 bits per heavy atom. The van der Waals surface area contributed by atoms with Crippen molar-refractivity contribution in [1.29, 1.82) is 0 Å².